The number of carbonyl (C=O) groups is 1. The van der Waals surface area contributed by atoms with Crippen LogP contribution in [0.5, 0.6) is 0 Å². The zero-order valence-corrected chi connectivity index (χ0v) is 9.28. The molecule has 0 amide bonds. The van der Waals surface area contributed by atoms with Gasteiger partial charge in [-0.1, -0.05) is 20.8 Å². The van der Waals surface area contributed by atoms with Gasteiger partial charge in [-0.05, 0) is 12.1 Å². The van der Waals surface area contributed by atoms with Gasteiger partial charge in [-0.3, -0.25) is 4.79 Å². The molecule has 1 aromatic heterocycles. The van der Waals surface area contributed by atoms with Gasteiger partial charge >= 0.3 is 0 Å². The molecule has 0 bridgehead atoms. The Morgan fingerprint density at radius 1 is 1.60 bits per heavy atom. The predicted molar refractivity (Wildman–Crippen MR) is 56.0 cm³/mol. The van der Waals surface area contributed by atoms with Crippen LogP contribution < -0.4 is 0 Å². The van der Waals surface area contributed by atoms with Crippen LogP contribution in [0.15, 0.2) is 22.8 Å². The van der Waals surface area contributed by atoms with Crippen molar-refractivity contribution in [1.29, 1.82) is 5.26 Å². The summed E-state index contributed by atoms with van der Waals surface area (Å²) in [6.07, 6.45) is 1.91. The second kappa shape index (κ2) is 4.31. The van der Waals surface area contributed by atoms with Gasteiger partial charge in [-0.15, -0.1) is 0 Å². The molecule has 0 aliphatic rings. The molecule has 15 heavy (non-hydrogen) atoms. The number of ketones is 1. The predicted octanol–water partition coefficient (Wildman–Crippen LogP) is 2.58. The number of furan rings is 1. The molecule has 0 radical (unpaired) electrons. The summed E-state index contributed by atoms with van der Waals surface area (Å²) < 4.78 is 5.13. The first-order valence-electron chi connectivity index (χ1n) is 4.91. The van der Waals surface area contributed by atoms with Crippen molar-refractivity contribution in [2.75, 3.05) is 0 Å². The Kier molecular flexibility index (Phi) is 3.31. The minimum absolute atomic E-state index is 0.0404. The lowest BCUT2D eigenvalue weighted by atomic mass is 9.82. The Balaban J connectivity index is 2.74. The zero-order valence-electron chi connectivity index (χ0n) is 9.28. The maximum atomic E-state index is 11.9. The third-order valence-corrected chi connectivity index (χ3v) is 2.20. The third-order valence-electron chi connectivity index (χ3n) is 2.20. The summed E-state index contributed by atoms with van der Waals surface area (Å²) in [5.74, 6) is 0.0247. The second-order valence-electron chi connectivity index (χ2n) is 4.58. The Bertz CT molecular complexity index is 365. The van der Waals surface area contributed by atoms with E-state index in [1.165, 1.54) is 0 Å². The van der Waals surface area contributed by atoms with E-state index in [0.717, 1.165) is 0 Å². The maximum absolute atomic E-state index is 11.9. The normalized spacial score (nSPS) is 13.2. The topological polar surface area (TPSA) is 54.0 Å². The highest BCUT2D eigenvalue weighted by atomic mass is 16.3. The van der Waals surface area contributed by atoms with Crippen molar-refractivity contribution in [2.24, 2.45) is 11.3 Å². The molecule has 1 heterocycles. The summed E-state index contributed by atoms with van der Waals surface area (Å²) in [6, 6.07) is 5.57. The first-order valence-corrected chi connectivity index (χ1v) is 4.91. The van der Waals surface area contributed by atoms with Crippen molar-refractivity contribution in [1.82, 2.24) is 0 Å². The van der Waals surface area contributed by atoms with E-state index in [1.54, 1.807) is 18.4 Å². The summed E-state index contributed by atoms with van der Waals surface area (Å²) in [4.78, 5) is 11.9. The molecule has 3 heteroatoms. The van der Waals surface area contributed by atoms with Crippen molar-refractivity contribution < 1.29 is 9.21 Å². The van der Waals surface area contributed by atoms with Crippen LogP contribution in [-0.4, -0.2) is 5.78 Å². The van der Waals surface area contributed by atoms with Crippen LogP contribution in [0.25, 0.3) is 0 Å². The number of nitriles is 1. The fourth-order valence-electron chi connectivity index (χ4n) is 1.35. The van der Waals surface area contributed by atoms with Crippen LogP contribution >= 0.6 is 0 Å². The van der Waals surface area contributed by atoms with Crippen LogP contribution in [0.1, 0.15) is 26.5 Å². The Hall–Kier alpha value is -1.56. The van der Waals surface area contributed by atoms with Crippen LogP contribution in [0.2, 0.25) is 0 Å². The van der Waals surface area contributed by atoms with Gasteiger partial charge in [0.15, 0.2) is 5.78 Å². The van der Waals surface area contributed by atoms with Crippen LogP contribution in [0, 0.1) is 22.7 Å². The summed E-state index contributed by atoms with van der Waals surface area (Å²) in [7, 11) is 0. The van der Waals surface area contributed by atoms with E-state index in [9.17, 15) is 4.79 Å². The van der Waals surface area contributed by atoms with Crippen molar-refractivity contribution in [3.63, 3.8) is 0 Å². The number of nitrogens with zero attached hydrogens (tertiary/aromatic N) is 1. The van der Waals surface area contributed by atoms with E-state index in [1.807, 2.05) is 26.8 Å². The van der Waals surface area contributed by atoms with E-state index in [4.69, 9.17) is 9.68 Å². The SMILES string of the molecule is CC(C)(C)C(=O)C(C#N)Cc1ccco1. The lowest BCUT2D eigenvalue weighted by molar-refractivity contribution is -0.128. The number of hydrogen-bond acceptors (Lipinski definition) is 3. The van der Waals surface area contributed by atoms with Gasteiger partial charge in [0.05, 0.1) is 12.3 Å². The molecule has 0 N–H and O–H groups in total. The molecule has 1 unspecified atom stereocenters. The van der Waals surface area contributed by atoms with E-state index in [0.29, 0.717) is 12.2 Å². The number of Topliss-reactive ketones (excluding diaryl/α,β-unsaturated/α-hetero) is 1. The average molecular weight is 205 g/mol. The molecule has 1 atom stereocenters. The van der Waals surface area contributed by atoms with E-state index < -0.39 is 11.3 Å². The highest BCUT2D eigenvalue weighted by Crippen LogP contribution is 2.22. The fraction of sp³-hybridized carbons (Fsp3) is 0.500. The molecular weight excluding hydrogens is 190 g/mol. The molecule has 0 aliphatic carbocycles. The lowest BCUT2D eigenvalue weighted by Crippen LogP contribution is -2.28. The van der Waals surface area contributed by atoms with Gasteiger partial charge in [0.1, 0.15) is 11.7 Å². The van der Waals surface area contributed by atoms with E-state index in [2.05, 4.69) is 0 Å². The minimum Gasteiger partial charge on any atom is -0.469 e. The second-order valence-corrected chi connectivity index (χ2v) is 4.58. The minimum atomic E-state index is -0.615. The zero-order chi connectivity index (χ0) is 11.5. The van der Waals surface area contributed by atoms with Crippen molar-refractivity contribution in [3.05, 3.63) is 24.2 Å². The molecule has 0 saturated carbocycles. The van der Waals surface area contributed by atoms with E-state index in [-0.39, 0.29) is 5.78 Å². The largest absolute Gasteiger partial charge is 0.469 e. The maximum Gasteiger partial charge on any atom is 0.155 e. The summed E-state index contributed by atoms with van der Waals surface area (Å²) >= 11 is 0. The summed E-state index contributed by atoms with van der Waals surface area (Å²) in [5, 5.41) is 8.95. The number of hydrogen-bond donors (Lipinski definition) is 0. The highest BCUT2D eigenvalue weighted by Gasteiger charge is 2.30. The van der Waals surface area contributed by atoms with Crippen molar-refractivity contribution in [3.8, 4) is 6.07 Å². The summed E-state index contributed by atoms with van der Waals surface area (Å²) in [6.45, 7) is 5.46. The monoisotopic (exact) mass is 205 g/mol. The Labute approximate surface area is 89.7 Å². The van der Waals surface area contributed by atoms with Crippen molar-refractivity contribution >= 4 is 5.78 Å². The van der Waals surface area contributed by atoms with Gasteiger partial charge in [-0.25, -0.2) is 0 Å². The van der Waals surface area contributed by atoms with Crippen LogP contribution in [0.3, 0.4) is 0 Å². The first kappa shape index (κ1) is 11.5. The summed E-state index contributed by atoms with van der Waals surface area (Å²) in [5.41, 5.74) is -0.479. The molecule has 0 aliphatic heterocycles. The van der Waals surface area contributed by atoms with Gasteiger partial charge in [0, 0.05) is 11.8 Å². The highest BCUT2D eigenvalue weighted by molar-refractivity contribution is 5.88. The standard InChI is InChI=1S/C12H15NO2/c1-12(2,3)11(14)9(8-13)7-10-5-4-6-15-10/h4-6,9H,7H2,1-3H3. The van der Waals surface area contributed by atoms with Crippen molar-refractivity contribution in [2.45, 2.75) is 27.2 Å². The molecular formula is C12H15NO2. The van der Waals surface area contributed by atoms with Crippen LogP contribution in [-0.2, 0) is 11.2 Å². The average Bonchev–Trinajstić information content (AvgIpc) is 2.64. The molecule has 0 fully saturated rings. The van der Waals surface area contributed by atoms with Gasteiger partial charge in [0.2, 0.25) is 0 Å². The smallest absolute Gasteiger partial charge is 0.155 e. The fourth-order valence-corrected chi connectivity index (χ4v) is 1.35. The van der Waals surface area contributed by atoms with Gasteiger partial charge < -0.3 is 4.42 Å². The quantitative estimate of drug-likeness (QED) is 0.762. The molecule has 1 rings (SSSR count). The third kappa shape index (κ3) is 2.95. The molecule has 3 nitrogen and oxygen atoms in total. The van der Waals surface area contributed by atoms with E-state index >= 15 is 0 Å². The molecule has 0 aromatic carbocycles. The Morgan fingerprint density at radius 3 is 2.67 bits per heavy atom. The molecule has 0 spiro atoms. The van der Waals surface area contributed by atoms with Gasteiger partial charge in [0.25, 0.3) is 0 Å². The first-order chi connectivity index (χ1) is 6.95. The lowest BCUT2D eigenvalue weighted by Gasteiger charge is -2.19. The molecule has 0 saturated heterocycles. The van der Waals surface area contributed by atoms with Crippen LogP contribution in [0.4, 0.5) is 0 Å². The number of carbonyl (C=O) groups excluding carboxylic acids is 1. The molecule has 1 aromatic rings. The number of rotatable bonds is 3. The Morgan fingerprint density at radius 2 is 2.27 bits per heavy atom. The van der Waals surface area contributed by atoms with Gasteiger partial charge in [-0.2, -0.15) is 5.26 Å². The molecule has 80 valence electrons.